The molecule has 0 saturated heterocycles. The SMILES string of the molecule is CNC(=O)c1cc(NC(=O)C2CCC2)cc2nc(C)ccc12. The molecule has 0 radical (unpaired) electrons. The number of nitrogens with one attached hydrogen (secondary N) is 2. The molecule has 2 N–H and O–H groups in total. The fraction of sp³-hybridized carbons (Fsp3) is 0.353. The van der Waals surface area contributed by atoms with Crippen LogP contribution in [0.25, 0.3) is 10.9 Å². The summed E-state index contributed by atoms with van der Waals surface area (Å²) in [6, 6.07) is 7.31. The Bertz CT molecular complexity index is 751. The van der Waals surface area contributed by atoms with Crippen molar-refractivity contribution in [2.45, 2.75) is 26.2 Å². The third kappa shape index (κ3) is 2.66. The van der Waals surface area contributed by atoms with Crippen LogP contribution in [0.5, 0.6) is 0 Å². The maximum atomic E-state index is 12.1. The molecular formula is C17H19N3O2. The summed E-state index contributed by atoms with van der Waals surface area (Å²) in [7, 11) is 1.59. The first-order valence-corrected chi connectivity index (χ1v) is 7.53. The van der Waals surface area contributed by atoms with Gasteiger partial charge >= 0.3 is 0 Å². The van der Waals surface area contributed by atoms with Crippen molar-refractivity contribution >= 4 is 28.4 Å². The highest BCUT2D eigenvalue weighted by Gasteiger charge is 2.25. The molecular weight excluding hydrogens is 278 g/mol. The van der Waals surface area contributed by atoms with Crippen LogP contribution in [0.1, 0.15) is 35.3 Å². The zero-order valence-electron chi connectivity index (χ0n) is 12.8. The molecule has 0 aliphatic heterocycles. The summed E-state index contributed by atoms with van der Waals surface area (Å²) in [6.07, 6.45) is 3.00. The highest BCUT2D eigenvalue weighted by molar-refractivity contribution is 6.08. The van der Waals surface area contributed by atoms with Gasteiger partial charge in [-0.2, -0.15) is 0 Å². The molecule has 1 aromatic heterocycles. The number of benzene rings is 1. The van der Waals surface area contributed by atoms with E-state index in [1.807, 2.05) is 25.1 Å². The van der Waals surface area contributed by atoms with Gasteiger partial charge in [-0.25, -0.2) is 0 Å². The summed E-state index contributed by atoms with van der Waals surface area (Å²) >= 11 is 0. The zero-order valence-corrected chi connectivity index (χ0v) is 12.8. The molecule has 5 heteroatoms. The maximum absolute atomic E-state index is 12.1. The second-order valence-electron chi connectivity index (χ2n) is 5.74. The van der Waals surface area contributed by atoms with E-state index >= 15 is 0 Å². The van der Waals surface area contributed by atoms with Crippen LogP contribution >= 0.6 is 0 Å². The first-order chi connectivity index (χ1) is 10.6. The van der Waals surface area contributed by atoms with Gasteiger partial charge in [0.2, 0.25) is 5.91 Å². The minimum atomic E-state index is -0.185. The van der Waals surface area contributed by atoms with Crippen LogP contribution in [-0.4, -0.2) is 23.8 Å². The molecule has 0 atom stereocenters. The number of hydrogen-bond acceptors (Lipinski definition) is 3. The molecule has 0 spiro atoms. The first-order valence-electron chi connectivity index (χ1n) is 7.53. The van der Waals surface area contributed by atoms with E-state index in [0.717, 1.165) is 30.3 Å². The van der Waals surface area contributed by atoms with Crippen molar-refractivity contribution in [2.24, 2.45) is 5.92 Å². The summed E-state index contributed by atoms with van der Waals surface area (Å²) in [6.45, 7) is 1.90. The minimum absolute atomic E-state index is 0.0288. The van der Waals surface area contributed by atoms with E-state index in [0.29, 0.717) is 16.8 Å². The van der Waals surface area contributed by atoms with Gasteiger partial charge < -0.3 is 10.6 Å². The van der Waals surface area contributed by atoms with Crippen molar-refractivity contribution in [3.05, 3.63) is 35.5 Å². The Kier molecular flexibility index (Phi) is 3.79. The molecule has 22 heavy (non-hydrogen) atoms. The van der Waals surface area contributed by atoms with E-state index in [1.165, 1.54) is 0 Å². The maximum Gasteiger partial charge on any atom is 0.251 e. The number of amides is 2. The monoisotopic (exact) mass is 297 g/mol. The van der Waals surface area contributed by atoms with Gasteiger partial charge in [-0.1, -0.05) is 12.5 Å². The molecule has 0 unspecified atom stereocenters. The molecule has 3 rings (SSSR count). The Morgan fingerprint density at radius 1 is 1.23 bits per heavy atom. The molecule has 114 valence electrons. The predicted octanol–water partition coefficient (Wildman–Crippen LogP) is 2.64. The Morgan fingerprint density at radius 3 is 2.64 bits per heavy atom. The molecule has 1 saturated carbocycles. The number of hydrogen-bond donors (Lipinski definition) is 2. The van der Waals surface area contributed by atoms with Crippen molar-refractivity contribution in [3.63, 3.8) is 0 Å². The molecule has 1 fully saturated rings. The Morgan fingerprint density at radius 2 is 2.00 bits per heavy atom. The number of rotatable bonds is 3. The number of aryl methyl sites for hydroxylation is 1. The topological polar surface area (TPSA) is 71.1 Å². The summed E-state index contributed by atoms with van der Waals surface area (Å²) in [5, 5.41) is 6.33. The van der Waals surface area contributed by atoms with Gasteiger partial charge in [-0.15, -0.1) is 0 Å². The van der Waals surface area contributed by atoms with E-state index in [-0.39, 0.29) is 17.7 Å². The summed E-state index contributed by atoms with van der Waals surface area (Å²) in [4.78, 5) is 28.7. The van der Waals surface area contributed by atoms with Gasteiger partial charge in [0.05, 0.1) is 11.1 Å². The molecule has 1 aliphatic carbocycles. The standard InChI is InChI=1S/C17H19N3O2/c1-10-6-7-13-14(17(22)18-2)8-12(9-15(13)19-10)20-16(21)11-4-3-5-11/h6-9,11H,3-5H2,1-2H3,(H,18,22)(H,20,21). The quantitative estimate of drug-likeness (QED) is 0.915. The van der Waals surface area contributed by atoms with Crippen LogP contribution in [0.3, 0.4) is 0 Å². The van der Waals surface area contributed by atoms with Crippen LogP contribution in [0.2, 0.25) is 0 Å². The number of nitrogens with zero attached hydrogens (tertiary/aromatic N) is 1. The fourth-order valence-corrected chi connectivity index (χ4v) is 2.65. The highest BCUT2D eigenvalue weighted by Crippen LogP contribution is 2.29. The van der Waals surface area contributed by atoms with E-state index in [1.54, 1.807) is 13.1 Å². The first kappa shape index (κ1) is 14.5. The molecule has 1 aromatic carbocycles. The Labute approximate surface area is 129 Å². The smallest absolute Gasteiger partial charge is 0.251 e. The number of carbonyl (C=O) groups is 2. The van der Waals surface area contributed by atoms with Crippen molar-refractivity contribution in [1.82, 2.24) is 10.3 Å². The average molecular weight is 297 g/mol. The van der Waals surface area contributed by atoms with E-state index in [2.05, 4.69) is 15.6 Å². The molecule has 0 bridgehead atoms. The third-order valence-electron chi connectivity index (χ3n) is 4.16. The highest BCUT2D eigenvalue weighted by atomic mass is 16.2. The predicted molar refractivity (Wildman–Crippen MR) is 85.8 cm³/mol. The third-order valence-corrected chi connectivity index (χ3v) is 4.16. The molecule has 1 aliphatic rings. The average Bonchev–Trinajstić information content (AvgIpc) is 2.43. The second-order valence-corrected chi connectivity index (χ2v) is 5.74. The van der Waals surface area contributed by atoms with Gasteiger partial charge in [0, 0.05) is 29.7 Å². The van der Waals surface area contributed by atoms with Crippen LogP contribution in [0.4, 0.5) is 5.69 Å². The fourth-order valence-electron chi connectivity index (χ4n) is 2.65. The van der Waals surface area contributed by atoms with Crippen LogP contribution in [0, 0.1) is 12.8 Å². The van der Waals surface area contributed by atoms with E-state index in [9.17, 15) is 9.59 Å². The van der Waals surface area contributed by atoms with Crippen molar-refractivity contribution in [1.29, 1.82) is 0 Å². The number of aromatic nitrogens is 1. The zero-order chi connectivity index (χ0) is 15.7. The lowest BCUT2D eigenvalue weighted by molar-refractivity contribution is -0.122. The van der Waals surface area contributed by atoms with Crippen molar-refractivity contribution in [3.8, 4) is 0 Å². The van der Waals surface area contributed by atoms with Gasteiger partial charge in [0.1, 0.15) is 0 Å². The number of fused-ring (bicyclic) bond motifs is 1. The number of anilines is 1. The lowest BCUT2D eigenvalue weighted by Gasteiger charge is -2.24. The largest absolute Gasteiger partial charge is 0.355 e. The van der Waals surface area contributed by atoms with Crippen LogP contribution in [0.15, 0.2) is 24.3 Å². The Balaban J connectivity index is 2.02. The van der Waals surface area contributed by atoms with Gasteiger partial charge in [-0.05, 0) is 38.0 Å². The molecule has 5 nitrogen and oxygen atoms in total. The van der Waals surface area contributed by atoms with Gasteiger partial charge in [0.15, 0.2) is 0 Å². The van der Waals surface area contributed by atoms with Crippen LogP contribution < -0.4 is 10.6 Å². The van der Waals surface area contributed by atoms with Gasteiger partial charge in [0.25, 0.3) is 5.91 Å². The molecule has 2 aromatic rings. The summed E-state index contributed by atoms with van der Waals surface area (Å²) in [5.74, 6) is -0.0545. The van der Waals surface area contributed by atoms with Crippen molar-refractivity contribution in [2.75, 3.05) is 12.4 Å². The normalized spacial score (nSPS) is 14.5. The molecule has 2 amide bonds. The van der Waals surface area contributed by atoms with Crippen LogP contribution in [-0.2, 0) is 4.79 Å². The second kappa shape index (κ2) is 5.75. The summed E-state index contributed by atoms with van der Waals surface area (Å²) < 4.78 is 0. The van der Waals surface area contributed by atoms with Crippen molar-refractivity contribution < 1.29 is 9.59 Å². The number of carbonyl (C=O) groups excluding carboxylic acids is 2. The van der Waals surface area contributed by atoms with E-state index in [4.69, 9.17) is 0 Å². The van der Waals surface area contributed by atoms with Gasteiger partial charge in [-0.3, -0.25) is 14.6 Å². The summed E-state index contributed by atoms with van der Waals surface area (Å²) in [5.41, 5.74) is 2.74. The van der Waals surface area contributed by atoms with E-state index < -0.39 is 0 Å². The Hall–Kier alpha value is -2.43. The minimum Gasteiger partial charge on any atom is -0.355 e. The lowest BCUT2D eigenvalue weighted by atomic mass is 9.85. The number of pyridine rings is 1. The lowest BCUT2D eigenvalue weighted by Crippen LogP contribution is -2.28. The molecule has 1 heterocycles.